The van der Waals surface area contributed by atoms with Crippen LogP contribution in [0.15, 0.2) is 12.3 Å². The first-order valence-corrected chi connectivity index (χ1v) is 6.59. The number of carbonyl (C=O) groups is 1. The maximum absolute atomic E-state index is 11.2. The van der Waals surface area contributed by atoms with Gasteiger partial charge in [0.25, 0.3) is 0 Å². The molecule has 17 heavy (non-hydrogen) atoms. The summed E-state index contributed by atoms with van der Waals surface area (Å²) in [6, 6.07) is 1.34. The molecule has 1 rings (SSSR count). The van der Waals surface area contributed by atoms with Crippen LogP contribution in [0, 0.1) is 0 Å². The van der Waals surface area contributed by atoms with Gasteiger partial charge in [-0.05, 0) is 13.0 Å². The number of carboxylic acid groups (broad SMARTS) is 1. The van der Waals surface area contributed by atoms with Crippen molar-refractivity contribution in [1.29, 1.82) is 0 Å². The van der Waals surface area contributed by atoms with Gasteiger partial charge in [0.1, 0.15) is 5.82 Å². The molecule has 0 saturated carbocycles. The van der Waals surface area contributed by atoms with Gasteiger partial charge in [0, 0.05) is 35.0 Å². The minimum absolute atomic E-state index is 0.00720. The van der Waals surface area contributed by atoms with Crippen LogP contribution in [0.3, 0.4) is 0 Å². The number of anilines is 2. The first kappa shape index (κ1) is 13.4. The number of aromatic carboxylic acids is 1. The van der Waals surface area contributed by atoms with Crippen LogP contribution in [0.4, 0.5) is 11.5 Å². The second kappa shape index (κ2) is 5.62. The van der Waals surface area contributed by atoms with Gasteiger partial charge in [-0.15, -0.1) is 0 Å². The zero-order chi connectivity index (χ0) is 13.0. The number of pyridine rings is 1. The van der Waals surface area contributed by atoms with Crippen LogP contribution in [0.1, 0.15) is 17.3 Å². The second-order valence-electron chi connectivity index (χ2n) is 3.62. The van der Waals surface area contributed by atoms with Crippen LogP contribution in [-0.2, 0) is 10.8 Å². The lowest BCUT2D eigenvalue weighted by Crippen LogP contribution is -2.22. The maximum atomic E-state index is 11.2. The van der Waals surface area contributed by atoms with Crippen molar-refractivity contribution in [2.75, 3.05) is 23.9 Å². The van der Waals surface area contributed by atoms with Crippen molar-refractivity contribution in [2.45, 2.75) is 12.2 Å². The van der Waals surface area contributed by atoms with Gasteiger partial charge >= 0.3 is 5.97 Å². The molecule has 0 spiro atoms. The monoisotopic (exact) mass is 257 g/mol. The Bertz CT molecular complexity index is 450. The fourth-order valence-corrected chi connectivity index (χ4v) is 1.48. The SMILES string of the molecule is CC(CNc1nccc(C(=O)O)c1N)S(C)=O. The number of nitrogens with two attached hydrogens (primary N) is 1. The van der Waals surface area contributed by atoms with E-state index in [0.717, 1.165) is 0 Å². The number of nitrogen functional groups attached to an aromatic ring is 1. The van der Waals surface area contributed by atoms with Crippen molar-refractivity contribution in [3.8, 4) is 0 Å². The van der Waals surface area contributed by atoms with Crippen molar-refractivity contribution in [3.05, 3.63) is 17.8 Å². The molecule has 6 nitrogen and oxygen atoms in total. The van der Waals surface area contributed by atoms with Gasteiger partial charge in [-0.1, -0.05) is 0 Å². The van der Waals surface area contributed by atoms with Gasteiger partial charge < -0.3 is 16.2 Å². The molecule has 1 aromatic heterocycles. The molecule has 0 radical (unpaired) electrons. The van der Waals surface area contributed by atoms with Gasteiger partial charge in [-0.3, -0.25) is 4.21 Å². The van der Waals surface area contributed by atoms with Crippen LogP contribution >= 0.6 is 0 Å². The molecule has 1 heterocycles. The van der Waals surface area contributed by atoms with Gasteiger partial charge in [-0.25, -0.2) is 9.78 Å². The Morgan fingerprint density at radius 1 is 1.71 bits per heavy atom. The highest BCUT2D eigenvalue weighted by Crippen LogP contribution is 2.19. The summed E-state index contributed by atoms with van der Waals surface area (Å²) in [5, 5.41) is 11.7. The molecule has 0 amide bonds. The summed E-state index contributed by atoms with van der Waals surface area (Å²) in [5.74, 6) is -0.790. The summed E-state index contributed by atoms with van der Waals surface area (Å²) in [4.78, 5) is 14.8. The van der Waals surface area contributed by atoms with E-state index in [0.29, 0.717) is 12.4 Å². The summed E-state index contributed by atoms with van der Waals surface area (Å²) >= 11 is 0. The number of hydrogen-bond donors (Lipinski definition) is 3. The smallest absolute Gasteiger partial charge is 0.337 e. The van der Waals surface area contributed by atoms with Crippen LogP contribution < -0.4 is 11.1 Å². The highest BCUT2D eigenvalue weighted by Gasteiger charge is 2.13. The number of nitrogens with zero attached hydrogens (tertiary/aromatic N) is 1. The molecular weight excluding hydrogens is 242 g/mol. The maximum Gasteiger partial charge on any atom is 0.337 e. The Labute approximate surface area is 102 Å². The molecule has 1 aromatic rings. The lowest BCUT2D eigenvalue weighted by atomic mass is 10.2. The average molecular weight is 257 g/mol. The Hall–Kier alpha value is -1.63. The van der Waals surface area contributed by atoms with Crippen LogP contribution in [0.25, 0.3) is 0 Å². The number of rotatable bonds is 5. The standard InChI is InChI=1S/C10H15N3O3S/c1-6(17(2)16)5-13-9-8(11)7(10(14)15)3-4-12-9/h3-4,6H,5,11H2,1-2H3,(H,12,13)(H,14,15). The minimum atomic E-state index is -1.10. The predicted octanol–water partition coefficient (Wildman–Crippen LogP) is 0.541. The minimum Gasteiger partial charge on any atom is -0.478 e. The van der Waals surface area contributed by atoms with E-state index in [1.807, 2.05) is 6.92 Å². The van der Waals surface area contributed by atoms with E-state index in [1.165, 1.54) is 12.3 Å². The summed E-state index contributed by atoms with van der Waals surface area (Å²) in [6.45, 7) is 2.24. The fraction of sp³-hybridized carbons (Fsp3) is 0.400. The van der Waals surface area contributed by atoms with Crippen molar-refractivity contribution < 1.29 is 14.1 Å². The van der Waals surface area contributed by atoms with E-state index in [2.05, 4.69) is 10.3 Å². The van der Waals surface area contributed by atoms with Crippen LogP contribution in [0.2, 0.25) is 0 Å². The van der Waals surface area contributed by atoms with Crippen LogP contribution in [0.5, 0.6) is 0 Å². The second-order valence-corrected chi connectivity index (χ2v) is 5.42. The Morgan fingerprint density at radius 3 is 2.88 bits per heavy atom. The molecule has 2 atom stereocenters. The van der Waals surface area contributed by atoms with E-state index in [1.54, 1.807) is 6.26 Å². The Balaban J connectivity index is 2.82. The summed E-state index contributed by atoms with van der Waals surface area (Å²) < 4.78 is 11.2. The molecule has 2 unspecified atom stereocenters. The van der Waals surface area contributed by atoms with Crippen LogP contribution in [-0.4, -0.2) is 38.3 Å². The highest BCUT2D eigenvalue weighted by molar-refractivity contribution is 7.84. The lowest BCUT2D eigenvalue weighted by Gasteiger charge is -2.12. The molecule has 94 valence electrons. The van der Waals surface area contributed by atoms with Gasteiger partial charge in [0.15, 0.2) is 0 Å². The predicted molar refractivity (Wildman–Crippen MR) is 67.6 cm³/mol. The lowest BCUT2D eigenvalue weighted by molar-refractivity contribution is 0.0698. The summed E-state index contributed by atoms with van der Waals surface area (Å²) in [6.07, 6.45) is 2.98. The van der Waals surface area contributed by atoms with E-state index >= 15 is 0 Å². The Morgan fingerprint density at radius 2 is 2.35 bits per heavy atom. The quantitative estimate of drug-likeness (QED) is 0.711. The molecule has 0 aliphatic heterocycles. The van der Waals surface area contributed by atoms with E-state index < -0.39 is 16.8 Å². The third kappa shape index (κ3) is 3.42. The van der Waals surface area contributed by atoms with Crippen molar-refractivity contribution in [2.24, 2.45) is 0 Å². The molecule has 0 aromatic carbocycles. The van der Waals surface area contributed by atoms with Gasteiger partial charge in [0.2, 0.25) is 0 Å². The van der Waals surface area contributed by atoms with Crippen molar-refractivity contribution >= 4 is 28.3 Å². The van der Waals surface area contributed by atoms with E-state index in [4.69, 9.17) is 10.8 Å². The topological polar surface area (TPSA) is 105 Å². The third-order valence-electron chi connectivity index (χ3n) is 2.34. The highest BCUT2D eigenvalue weighted by atomic mass is 32.2. The third-order valence-corrected chi connectivity index (χ3v) is 3.64. The fourth-order valence-electron chi connectivity index (χ4n) is 1.16. The first-order chi connectivity index (χ1) is 7.93. The molecule has 0 aliphatic rings. The zero-order valence-electron chi connectivity index (χ0n) is 9.64. The number of hydrogen-bond acceptors (Lipinski definition) is 5. The largest absolute Gasteiger partial charge is 0.478 e. The number of aromatic nitrogens is 1. The van der Waals surface area contributed by atoms with Crippen molar-refractivity contribution in [3.63, 3.8) is 0 Å². The van der Waals surface area contributed by atoms with E-state index in [-0.39, 0.29) is 16.5 Å². The summed E-state index contributed by atoms with van der Waals surface area (Å²) in [7, 11) is -0.952. The summed E-state index contributed by atoms with van der Waals surface area (Å²) in [5.41, 5.74) is 5.76. The van der Waals surface area contributed by atoms with Gasteiger partial charge in [0.05, 0.1) is 11.3 Å². The molecule has 0 saturated heterocycles. The normalized spacial score (nSPS) is 14.0. The Kier molecular flexibility index (Phi) is 4.45. The average Bonchev–Trinajstić information content (AvgIpc) is 2.26. The molecule has 0 bridgehead atoms. The number of carboxylic acids is 1. The zero-order valence-corrected chi connectivity index (χ0v) is 10.5. The number of nitrogens with one attached hydrogen (secondary N) is 1. The molecular formula is C10H15N3O3S. The molecule has 0 aliphatic carbocycles. The van der Waals surface area contributed by atoms with Gasteiger partial charge in [-0.2, -0.15) is 0 Å². The van der Waals surface area contributed by atoms with E-state index in [9.17, 15) is 9.00 Å². The molecule has 0 fully saturated rings. The molecule has 4 N–H and O–H groups in total. The molecule has 7 heteroatoms. The van der Waals surface area contributed by atoms with Crippen molar-refractivity contribution in [1.82, 2.24) is 4.98 Å². The first-order valence-electron chi connectivity index (χ1n) is 4.97.